The molecule has 0 saturated carbocycles. The normalized spacial score (nSPS) is 9.40. The number of hydrogen-bond donors (Lipinski definition) is 0. The standard InChI is InChI=1S/C8H9BO/c1-6-3-4-7(9)8(5-6)10-2/h3-5H,1-2H3. The summed E-state index contributed by atoms with van der Waals surface area (Å²) in [6, 6.07) is 5.71. The molecule has 0 aliphatic rings. The maximum absolute atomic E-state index is 5.57. The molecule has 1 aromatic rings. The average Bonchev–Trinajstić information content (AvgIpc) is 1.94. The zero-order valence-electron chi connectivity index (χ0n) is 6.22. The van der Waals surface area contributed by atoms with Crippen LogP contribution in [0.25, 0.3) is 0 Å². The van der Waals surface area contributed by atoms with Crippen LogP contribution in [0.3, 0.4) is 0 Å². The highest BCUT2D eigenvalue weighted by Crippen LogP contribution is 2.07. The molecular weight excluding hydrogens is 123 g/mol. The molecule has 1 aromatic carbocycles. The van der Waals surface area contributed by atoms with Gasteiger partial charge in [0.25, 0.3) is 0 Å². The van der Waals surface area contributed by atoms with E-state index in [0.29, 0.717) is 5.46 Å². The fraction of sp³-hybridized carbons (Fsp3) is 0.250. The monoisotopic (exact) mass is 132 g/mol. The van der Waals surface area contributed by atoms with Crippen molar-refractivity contribution >= 4 is 13.3 Å². The molecule has 2 radical (unpaired) electrons. The first-order valence-electron chi connectivity index (χ1n) is 3.14. The van der Waals surface area contributed by atoms with Gasteiger partial charge in [-0.3, -0.25) is 0 Å². The lowest BCUT2D eigenvalue weighted by Gasteiger charge is -2.04. The molecule has 0 bridgehead atoms. The van der Waals surface area contributed by atoms with Crippen molar-refractivity contribution in [2.75, 3.05) is 7.11 Å². The van der Waals surface area contributed by atoms with Crippen molar-refractivity contribution in [3.63, 3.8) is 0 Å². The summed E-state index contributed by atoms with van der Waals surface area (Å²) in [6.45, 7) is 2.00. The van der Waals surface area contributed by atoms with Crippen molar-refractivity contribution in [1.29, 1.82) is 0 Å². The summed E-state index contributed by atoms with van der Waals surface area (Å²) in [5.41, 5.74) is 1.85. The lowest BCUT2D eigenvalue weighted by atomic mass is 9.94. The molecular formula is C8H9BO. The SMILES string of the molecule is [B]c1ccc(C)cc1OC. The smallest absolute Gasteiger partial charge is 0.119 e. The van der Waals surface area contributed by atoms with Gasteiger partial charge < -0.3 is 4.74 Å². The van der Waals surface area contributed by atoms with Crippen molar-refractivity contribution in [3.05, 3.63) is 23.8 Å². The number of ether oxygens (including phenoxy) is 1. The molecule has 50 valence electrons. The molecule has 0 unspecified atom stereocenters. The molecule has 0 fully saturated rings. The minimum atomic E-state index is 0.688. The van der Waals surface area contributed by atoms with Crippen LogP contribution in [0.5, 0.6) is 5.75 Å². The summed E-state index contributed by atoms with van der Waals surface area (Å²) in [7, 11) is 7.19. The molecule has 10 heavy (non-hydrogen) atoms. The molecule has 0 aliphatic heterocycles. The van der Waals surface area contributed by atoms with E-state index < -0.39 is 0 Å². The molecule has 0 spiro atoms. The Balaban J connectivity index is 3.09. The Kier molecular flexibility index (Phi) is 2.00. The summed E-state index contributed by atoms with van der Waals surface area (Å²) in [5, 5.41) is 0. The highest BCUT2D eigenvalue weighted by molar-refractivity contribution is 6.34. The quantitative estimate of drug-likeness (QED) is 0.513. The molecule has 0 aliphatic carbocycles. The first-order chi connectivity index (χ1) is 4.74. The predicted octanol–water partition coefficient (Wildman–Crippen LogP) is 0.797. The van der Waals surface area contributed by atoms with Gasteiger partial charge in [0.15, 0.2) is 0 Å². The van der Waals surface area contributed by atoms with Gasteiger partial charge in [-0.15, -0.1) is 0 Å². The largest absolute Gasteiger partial charge is 0.497 e. The van der Waals surface area contributed by atoms with E-state index in [1.54, 1.807) is 7.11 Å². The van der Waals surface area contributed by atoms with Crippen LogP contribution in [0.15, 0.2) is 18.2 Å². The summed E-state index contributed by atoms with van der Waals surface area (Å²) < 4.78 is 5.00. The van der Waals surface area contributed by atoms with Crippen LogP contribution in [0.4, 0.5) is 0 Å². The van der Waals surface area contributed by atoms with Crippen molar-refractivity contribution in [2.24, 2.45) is 0 Å². The van der Waals surface area contributed by atoms with Crippen LogP contribution in [0, 0.1) is 6.92 Å². The molecule has 2 heteroatoms. The van der Waals surface area contributed by atoms with Crippen molar-refractivity contribution in [2.45, 2.75) is 6.92 Å². The average molecular weight is 132 g/mol. The maximum Gasteiger partial charge on any atom is 0.119 e. The Morgan fingerprint density at radius 3 is 2.60 bits per heavy atom. The number of aryl methyl sites for hydroxylation is 1. The second kappa shape index (κ2) is 2.78. The van der Waals surface area contributed by atoms with E-state index in [0.717, 1.165) is 11.3 Å². The molecule has 0 amide bonds. The van der Waals surface area contributed by atoms with Crippen molar-refractivity contribution in [3.8, 4) is 5.75 Å². The van der Waals surface area contributed by atoms with Crippen LogP contribution in [-0.2, 0) is 0 Å². The molecule has 0 heterocycles. The number of rotatable bonds is 1. The second-order valence-electron chi connectivity index (χ2n) is 2.25. The number of methoxy groups -OCH3 is 1. The summed E-state index contributed by atoms with van der Waals surface area (Å²) in [5.74, 6) is 0.750. The van der Waals surface area contributed by atoms with E-state index in [1.165, 1.54) is 0 Å². The fourth-order valence-corrected chi connectivity index (χ4v) is 0.818. The zero-order valence-corrected chi connectivity index (χ0v) is 6.22. The fourth-order valence-electron chi connectivity index (χ4n) is 0.818. The maximum atomic E-state index is 5.57. The summed E-state index contributed by atoms with van der Waals surface area (Å²) in [4.78, 5) is 0. The summed E-state index contributed by atoms with van der Waals surface area (Å²) in [6.07, 6.45) is 0. The van der Waals surface area contributed by atoms with Crippen molar-refractivity contribution in [1.82, 2.24) is 0 Å². The predicted molar refractivity (Wildman–Crippen MR) is 43.1 cm³/mol. The Morgan fingerprint density at radius 1 is 1.40 bits per heavy atom. The Hall–Kier alpha value is -0.915. The zero-order chi connectivity index (χ0) is 7.56. The minimum Gasteiger partial charge on any atom is -0.497 e. The van der Waals surface area contributed by atoms with Crippen LogP contribution in [0.2, 0.25) is 0 Å². The van der Waals surface area contributed by atoms with Gasteiger partial charge >= 0.3 is 0 Å². The third-order valence-electron chi connectivity index (χ3n) is 1.39. The second-order valence-corrected chi connectivity index (χ2v) is 2.25. The van der Waals surface area contributed by atoms with E-state index in [2.05, 4.69) is 0 Å². The minimum absolute atomic E-state index is 0.688. The Morgan fingerprint density at radius 2 is 2.10 bits per heavy atom. The molecule has 1 nitrogen and oxygen atoms in total. The molecule has 1 rings (SSSR count). The van der Waals surface area contributed by atoms with E-state index in [1.807, 2.05) is 25.1 Å². The first kappa shape index (κ1) is 7.20. The van der Waals surface area contributed by atoms with Crippen LogP contribution in [0.1, 0.15) is 5.56 Å². The van der Waals surface area contributed by atoms with Gasteiger partial charge in [-0.1, -0.05) is 17.6 Å². The van der Waals surface area contributed by atoms with E-state index in [-0.39, 0.29) is 0 Å². The van der Waals surface area contributed by atoms with Crippen LogP contribution >= 0.6 is 0 Å². The first-order valence-corrected chi connectivity index (χ1v) is 3.14. The highest BCUT2D eigenvalue weighted by atomic mass is 16.5. The van der Waals surface area contributed by atoms with Crippen LogP contribution in [-0.4, -0.2) is 15.0 Å². The summed E-state index contributed by atoms with van der Waals surface area (Å²) >= 11 is 0. The lowest BCUT2D eigenvalue weighted by Crippen LogP contribution is -2.06. The third kappa shape index (κ3) is 1.32. The van der Waals surface area contributed by atoms with Gasteiger partial charge in [0.05, 0.1) is 7.11 Å². The van der Waals surface area contributed by atoms with E-state index >= 15 is 0 Å². The number of benzene rings is 1. The third-order valence-corrected chi connectivity index (χ3v) is 1.39. The van der Waals surface area contributed by atoms with Gasteiger partial charge in [-0.05, 0) is 18.6 Å². The van der Waals surface area contributed by atoms with Gasteiger partial charge in [0, 0.05) is 0 Å². The molecule has 0 N–H and O–H groups in total. The molecule has 0 saturated heterocycles. The van der Waals surface area contributed by atoms with Crippen molar-refractivity contribution < 1.29 is 4.74 Å². The topological polar surface area (TPSA) is 9.23 Å². The Bertz CT molecular complexity index is 233. The van der Waals surface area contributed by atoms with E-state index in [9.17, 15) is 0 Å². The van der Waals surface area contributed by atoms with Gasteiger partial charge in [-0.25, -0.2) is 0 Å². The van der Waals surface area contributed by atoms with Gasteiger partial charge in [0.1, 0.15) is 13.6 Å². The Labute approximate surface area is 62.4 Å². The highest BCUT2D eigenvalue weighted by Gasteiger charge is 1.94. The van der Waals surface area contributed by atoms with Crippen LogP contribution < -0.4 is 10.2 Å². The van der Waals surface area contributed by atoms with Gasteiger partial charge in [-0.2, -0.15) is 0 Å². The lowest BCUT2D eigenvalue weighted by molar-refractivity contribution is 0.418. The van der Waals surface area contributed by atoms with E-state index in [4.69, 9.17) is 12.6 Å². The number of hydrogen-bond acceptors (Lipinski definition) is 1. The van der Waals surface area contributed by atoms with Gasteiger partial charge in [0.2, 0.25) is 0 Å². The molecule has 0 atom stereocenters. The molecule has 0 aromatic heterocycles.